The molecule has 1 aliphatic heterocycles. The van der Waals surface area contributed by atoms with E-state index in [1.807, 2.05) is 0 Å². The summed E-state index contributed by atoms with van der Waals surface area (Å²) < 4.78 is 21.6. The highest BCUT2D eigenvalue weighted by Crippen LogP contribution is 2.49. The van der Waals surface area contributed by atoms with Gasteiger partial charge in [-0.25, -0.2) is 14.1 Å². The summed E-state index contributed by atoms with van der Waals surface area (Å²) in [6, 6.07) is 0. The average Bonchev–Trinajstić information content (AvgIpc) is 2.72. The van der Waals surface area contributed by atoms with E-state index < -0.39 is 18.8 Å². The van der Waals surface area contributed by atoms with Crippen LogP contribution in [0.5, 0.6) is 0 Å². The molecule has 9 nitrogen and oxygen atoms in total. The molecule has 0 bridgehead atoms. The van der Waals surface area contributed by atoms with Crippen molar-refractivity contribution in [2.24, 2.45) is 0 Å². The highest BCUT2D eigenvalue weighted by molar-refractivity contribution is 7.47. The van der Waals surface area contributed by atoms with Crippen LogP contribution in [-0.2, 0) is 20.2 Å². The van der Waals surface area contributed by atoms with Gasteiger partial charge in [-0.15, -0.1) is 0 Å². The van der Waals surface area contributed by atoms with Gasteiger partial charge in [0.2, 0.25) is 0 Å². The van der Waals surface area contributed by atoms with Crippen molar-refractivity contribution in [3.63, 3.8) is 0 Å². The molecular formula is C7H10N3O6P. The number of nitrogens with zero attached hydrogens (tertiary/aromatic N) is 3. The molecule has 0 aliphatic carbocycles. The highest BCUT2D eigenvalue weighted by Gasteiger charge is 2.37. The van der Waals surface area contributed by atoms with Crippen LogP contribution in [-0.4, -0.2) is 32.1 Å². The van der Waals surface area contributed by atoms with Gasteiger partial charge in [0.25, 0.3) is 0 Å². The summed E-state index contributed by atoms with van der Waals surface area (Å²) in [7, 11) is -3.98. The maximum Gasteiger partial charge on any atom is 0.472 e. The first-order chi connectivity index (χ1) is 7.89. The lowest BCUT2D eigenvalue weighted by atomic mass is 10.3. The fraction of sp³-hybridized carbons (Fsp3) is 0.571. The van der Waals surface area contributed by atoms with Crippen LogP contribution in [0, 0.1) is 17.0 Å². The Morgan fingerprint density at radius 2 is 2.53 bits per heavy atom. The molecule has 0 aromatic carbocycles. The highest BCUT2D eigenvalue weighted by atomic mass is 31.2. The van der Waals surface area contributed by atoms with E-state index >= 15 is 0 Å². The third kappa shape index (κ3) is 2.52. The van der Waals surface area contributed by atoms with Gasteiger partial charge < -0.3 is 15.0 Å². The number of phosphoric ester groups is 1. The minimum atomic E-state index is -3.98. The second-order valence-corrected chi connectivity index (χ2v) is 4.93. The second-order valence-electron chi connectivity index (χ2n) is 3.52. The van der Waals surface area contributed by atoms with Gasteiger partial charge in [0.05, 0.1) is 6.61 Å². The van der Waals surface area contributed by atoms with Gasteiger partial charge in [0.15, 0.2) is 5.82 Å². The molecule has 0 amide bonds. The van der Waals surface area contributed by atoms with E-state index in [1.54, 1.807) is 6.92 Å². The Labute approximate surface area is 95.7 Å². The van der Waals surface area contributed by atoms with Gasteiger partial charge in [-0.3, -0.25) is 9.05 Å². The zero-order valence-corrected chi connectivity index (χ0v) is 9.74. The molecule has 1 aromatic rings. The maximum atomic E-state index is 11.0. The Morgan fingerprint density at radius 1 is 1.82 bits per heavy atom. The Kier molecular flexibility index (Phi) is 3.00. The zero-order valence-electron chi connectivity index (χ0n) is 8.85. The lowest BCUT2D eigenvalue weighted by Gasteiger charge is -2.07. The molecule has 1 aliphatic rings. The van der Waals surface area contributed by atoms with Gasteiger partial charge in [0, 0.05) is 6.92 Å². The first-order valence-corrected chi connectivity index (χ1v) is 6.21. The van der Waals surface area contributed by atoms with Crippen LogP contribution >= 0.6 is 7.82 Å². The van der Waals surface area contributed by atoms with Gasteiger partial charge in [0.1, 0.15) is 18.8 Å². The SMILES string of the molecule is Cc1ncc([N+](=O)[O-])n1CC1COP(=O)(O)O1. The molecule has 94 valence electrons. The van der Waals surface area contributed by atoms with Crippen molar-refractivity contribution in [3.8, 4) is 0 Å². The molecule has 1 aromatic heterocycles. The Hall–Kier alpha value is -1.28. The van der Waals surface area contributed by atoms with Crippen molar-refractivity contribution in [1.82, 2.24) is 9.55 Å². The molecule has 1 saturated heterocycles. The molecule has 1 fully saturated rings. The summed E-state index contributed by atoms with van der Waals surface area (Å²) in [5.41, 5.74) is 0. The van der Waals surface area contributed by atoms with E-state index in [1.165, 1.54) is 4.57 Å². The number of aryl methyl sites for hydroxylation is 1. The minimum Gasteiger partial charge on any atom is -0.358 e. The number of nitro groups is 1. The first kappa shape index (κ1) is 12.2. The van der Waals surface area contributed by atoms with Crippen LogP contribution in [0.15, 0.2) is 6.20 Å². The zero-order chi connectivity index (χ0) is 12.6. The number of phosphoric acid groups is 1. The van der Waals surface area contributed by atoms with E-state index in [9.17, 15) is 14.7 Å². The van der Waals surface area contributed by atoms with Crippen LogP contribution in [0.25, 0.3) is 0 Å². The van der Waals surface area contributed by atoms with Crippen molar-refractivity contribution in [2.45, 2.75) is 19.6 Å². The fourth-order valence-electron chi connectivity index (χ4n) is 1.54. The molecule has 2 rings (SSSR count). The van der Waals surface area contributed by atoms with Gasteiger partial charge >= 0.3 is 13.6 Å². The van der Waals surface area contributed by atoms with Crippen LogP contribution in [0.3, 0.4) is 0 Å². The summed E-state index contributed by atoms with van der Waals surface area (Å²) >= 11 is 0. The monoisotopic (exact) mass is 263 g/mol. The predicted molar refractivity (Wildman–Crippen MR) is 54.3 cm³/mol. The molecule has 2 unspecified atom stereocenters. The molecule has 2 atom stereocenters. The quantitative estimate of drug-likeness (QED) is 0.482. The molecule has 17 heavy (non-hydrogen) atoms. The van der Waals surface area contributed by atoms with Gasteiger partial charge in [-0.2, -0.15) is 0 Å². The fourth-order valence-corrected chi connectivity index (χ4v) is 2.46. The van der Waals surface area contributed by atoms with Gasteiger partial charge in [-0.05, 0) is 4.92 Å². The Balaban J connectivity index is 2.17. The first-order valence-electron chi connectivity index (χ1n) is 4.71. The van der Waals surface area contributed by atoms with Crippen molar-refractivity contribution in [3.05, 3.63) is 22.1 Å². The summed E-state index contributed by atoms with van der Waals surface area (Å²) in [4.78, 5) is 22.9. The summed E-state index contributed by atoms with van der Waals surface area (Å²) in [6.07, 6.45) is 0.432. The third-order valence-electron chi connectivity index (χ3n) is 2.31. The van der Waals surface area contributed by atoms with E-state index in [0.29, 0.717) is 5.82 Å². The number of imidazole rings is 1. The summed E-state index contributed by atoms with van der Waals surface area (Å²) in [5, 5.41) is 10.7. The van der Waals surface area contributed by atoms with Crippen LogP contribution in [0.1, 0.15) is 5.82 Å². The average molecular weight is 263 g/mol. The lowest BCUT2D eigenvalue weighted by molar-refractivity contribution is -0.392. The van der Waals surface area contributed by atoms with Crippen LogP contribution in [0.2, 0.25) is 0 Å². The largest absolute Gasteiger partial charge is 0.472 e. The number of rotatable bonds is 3. The smallest absolute Gasteiger partial charge is 0.358 e. The Bertz CT molecular complexity index is 500. The standard InChI is InChI=1S/C7H10N3O6P/c1-5-8-2-7(10(11)12)9(5)3-6-4-15-17(13,14)16-6/h2,6H,3-4H2,1H3,(H,13,14). The van der Waals surface area contributed by atoms with Crippen molar-refractivity contribution in [2.75, 3.05) is 6.61 Å². The maximum absolute atomic E-state index is 11.0. The summed E-state index contributed by atoms with van der Waals surface area (Å²) in [6.45, 7) is 1.57. The van der Waals surface area contributed by atoms with Crippen molar-refractivity contribution >= 4 is 13.6 Å². The second kappa shape index (κ2) is 4.19. The summed E-state index contributed by atoms with van der Waals surface area (Å²) in [5.74, 6) is 0.241. The van der Waals surface area contributed by atoms with Crippen molar-refractivity contribution < 1.29 is 23.4 Å². The van der Waals surface area contributed by atoms with E-state index in [0.717, 1.165) is 6.20 Å². The van der Waals surface area contributed by atoms with Crippen LogP contribution in [0.4, 0.5) is 5.82 Å². The third-order valence-corrected chi connectivity index (χ3v) is 3.35. The van der Waals surface area contributed by atoms with Gasteiger partial charge in [-0.1, -0.05) is 0 Å². The van der Waals surface area contributed by atoms with Crippen LogP contribution < -0.4 is 0 Å². The Morgan fingerprint density at radius 3 is 3.06 bits per heavy atom. The minimum absolute atomic E-state index is 0.0483. The topological polar surface area (TPSA) is 117 Å². The van der Waals surface area contributed by atoms with E-state index in [2.05, 4.69) is 9.51 Å². The number of hydrogen-bond acceptors (Lipinski definition) is 6. The molecule has 2 heterocycles. The number of aromatic nitrogens is 2. The van der Waals surface area contributed by atoms with E-state index in [-0.39, 0.29) is 19.0 Å². The van der Waals surface area contributed by atoms with Crippen molar-refractivity contribution in [1.29, 1.82) is 0 Å². The molecule has 0 spiro atoms. The molecule has 10 heteroatoms. The predicted octanol–water partition coefficient (Wildman–Crippen LogP) is 0.616. The molecule has 1 N–H and O–H groups in total. The molecule has 0 radical (unpaired) electrons. The number of hydrogen-bond donors (Lipinski definition) is 1. The van der Waals surface area contributed by atoms with E-state index in [4.69, 9.17) is 9.42 Å². The molecular weight excluding hydrogens is 253 g/mol. The molecule has 0 saturated carbocycles. The lowest BCUT2D eigenvalue weighted by Crippen LogP contribution is -2.19. The normalized spacial score (nSPS) is 28.5.